The van der Waals surface area contributed by atoms with Crippen molar-refractivity contribution in [2.75, 3.05) is 26.2 Å². The molecule has 0 aromatic heterocycles. The molecule has 0 N–H and O–H groups in total. The molecule has 2 heterocycles. The maximum Gasteiger partial charge on any atom is 0.244 e. The molecule has 5 nitrogen and oxygen atoms in total. The minimum absolute atomic E-state index is 0.00608. The molecule has 1 amide bonds. The summed E-state index contributed by atoms with van der Waals surface area (Å²) in [5, 5.41) is 0.466. The van der Waals surface area contributed by atoms with E-state index in [1.165, 1.54) is 16.4 Å². The van der Waals surface area contributed by atoms with Gasteiger partial charge in [0.2, 0.25) is 15.9 Å². The Morgan fingerprint density at radius 2 is 1.81 bits per heavy atom. The number of carbonyl (C=O) groups excluding carboxylic acids is 1. The van der Waals surface area contributed by atoms with Crippen LogP contribution >= 0.6 is 23.2 Å². The number of likely N-dealkylation sites (tertiary alicyclic amines) is 1. The van der Waals surface area contributed by atoms with Gasteiger partial charge in [0.25, 0.3) is 0 Å². The van der Waals surface area contributed by atoms with Crippen LogP contribution in [0.1, 0.15) is 32.6 Å². The van der Waals surface area contributed by atoms with Gasteiger partial charge in [-0.3, -0.25) is 4.79 Å². The van der Waals surface area contributed by atoms with Crippen LogP contribution < -0.4 is 0 Å². The third-order valence-electron chi connectivity index (χ3n) is 5.34. The van der Waals surface area contributed by atoms with Crippen LogP contribution in [-0.4, -0.2) is 49.7 Å². The van der Waals surface area contributed by atoms with Crippen molar-refractivity contribution in [3.63, 3.8) is 0 Å². The van der Waals surface area contributed by atoms with Gasteiger partial charge in [-0.15, -0.1) is 0 Å². The fraction of sp³-hybridized carbons (Fsp3) is 0.611. The Balaban J connectivity index is 1.75. The van der Waals surface area contributed by atoms with Crippen molar-refractivity contribution in [3.8, 4) is 0 Å². The average Bonchev–Trinajstić information content (AvgIpc) is 2.64. The van der Waals surface area contributed by atoms with E-state index in [0.717, 1.165) is 32.4 Å². The lowest BCUT2D eigenvalue weighted by Crippen LogP contribution is -2.48. The first kappa shape index (κ1) is 19.9. The molecule has 0 saturated carbocycles. The van der Waals surface area contributed by atoms with E-state index in [0.29, 0.717) is 23.9 Å². The Labute approximate surface area is 165 Å². The first-order valence-corrected chi connectivity index (χ1v) is 11.2. The van der Waals surface area contributed by atoms with Gasteiger partial charge in [-0.2, -0.15) is 4.31 Å². The lowest BCUT2D eigenvalue weighted by Gasteiger charge is -2.37. The summed E-state index contributed by atoms with van der Waals surface area (Å²) in [6, 6.07) is 4.41. The summed E-state index contributed by atoms with van der Waals surface area (Å²) in [5.41, 5.74) is 0. The highest BCUT2D eigenvalue weighted by Crippen LogP contribution is 2.31. The number of amides is 1. The van der Waals surface area contributed by atoms with E-state index in [9.17, 15) is 13.2 Å². The molecule has 144 valence electrons. The third kappa shape index (κ3) is 4.19. The van der Waals surface area contributed by atoms with E-state index >= 15 is 0 Å². The summed E-state index contributed by atoms with van der Waals surface area (Å²) in [4.78, 5) is 14.7. The molecule has 2 aliphatic rings. The minimum Gasteiger partial charge on any atom is -0.342 e. The number of rotatable bonds is 3. The van der Waals surface area contributed by atoms with Crippen LogP contribution in [0, 0.1) is 11.8 Å². The Hall–Kier alpha value is -0.820. The Morgan fingerprint density at radius 3 is 2.50 bits per heavy atom. The van der Waals surface area contributed by atoms with Gasteiger partial charge in [-0.25, -0.2) is 8.42 Å². The molecule has 0 bridgehead atoms. The van der Waals surface area contributed by atoms with Crippen LogP contribution in [-0.2, 0) is 14.8 Å². The zero-order valence-electron chi connectivity index (χ0n) is 14.8. The Morgan fingerprint density at radius 1 is 1.12 bits per heavy atom. The lowest BCUT2D eigenvalue weighted by molar-refractivity contribution is -0.138. The van der Waals surface area contributed by atoms with E-state index in [2.05, 4.69) is 6.92 Å². The largest absolute Gasteiger partial charge is 0.342 e. The lowest BCUT2D eigenvalue weighted by atomic mass is 9.94. The average molecular weight is 419 g/mol. The second kappa shape index (κ2) is 8.05. The van der Waals surface area contributed by atoms with Gasteiger partial charge in [0.1, 0.15) is 4.90 Å². The molecule has 0 unspecified atom stereocenters. The molecule has 1 aromatic rings. The number of benzene rings is 1. The van der Waals surface area contributed by atoms with Gasteiger partial charge in [-0.05, 0) is 49.8 Å². The second-order valence-corrected chi connectivity index (χ2v) is 10.0. The zero-order valence-corrected chi connectivity index (χ0v) is 17.2. The summed E-state index contributed by atoms with van der Waals surface area (Å²) < 4.78 is 27.4. The molecule has 8 heteroatoms. The van der Waals surface area contributed by atoms with Crippen LogP contribution in [0.2, 0.25) is 10.0 Å². The molecule has 3 rings (SSSR count). The number of hydrogen-bond acceptors (Lipinski definition) is 3. The van der Waals surface area contributed by atoms with E-state index in [1.807, 2.05) is 4.90 Å². The molecule has 2 fully saturated rings. The highest BCUT2D eigenvalue weighted by Gasteiger charge is 2.36. The fourth-order valence-corrected chi connectivity index (χ4v) is 5.92. The Bertz CT molecular complexity index is 777. The number of nitrogens with zero attached hydrogens (tertiary/aromatic N) is 2. The molecule has 0 spiro atoms. The van der Waals surface area contributed by atoms with Crippen molar-refractivity contribution in [1.29, 1.82) is 0 Å². The molecule has 0 radical (unpaired) electrons. The van der Waals surface area contributed by atoms with Gasteiger partial charge >= 0.3 is 0 Å². The Kier molecular flexibility index (Phi) is 6.17. The fourth-order valence-electron chi connectivity index (χ4n) is 3.66. The molecular formula is C18H24Cl2N2O3S. The molecule has 1 atom stereocenters. The number of piperidine rings is 2. The quantitative estimate of drug-likeness (QED) is 0.752. The smallest absolute Gasteiger partial charge is 0.244 e. The number of sulfonamides is 1. The minimum atomic E-state index is -3.77. The summed E-state index contributed by atoms with van der Waals surface area (Å²) in [5.74, 6) is 0.436. The van der Waals surface area contributed by atoms with E-state index in [1.54, 1.807) is 6.07 Å². The molecule has 2 aliphatic heterocycles. The number of halogens is 2. The van der Waals surface area contributed by atoms with Crippen molar-refractivity contribution in [1.82, 2.24) is 9.21 Å². The van der Waals surface area contributed by atoms with Crippen molar-refractivity contribution in [2.24, 2.45) is 11.8 Å². The van der Waals surface area contributed by atoms with Gasteiger partial charge in [0, 0.05) is 31.2 Å². The van der Waals surface area contributed by atoms with E-state index < -0.39 is 10.0 Å². The van der Waals surface area contributed by atoms with Crippen molar-refractivity contribution < 1.29 is 13.2 Å². The molecule has 2 saturated heterocycles. The monoisotopic (exact) mass is 418 g/mol. The van der Waals surface area contributed by atoms with E-state index in [4.69, 9.17) is 23.2 Å². The van der Waals surface area contributed by atoms with Crippen LogP contribution in [0.25, 0.3) is 0 Å². The molecule has 26 heavy (non-hydrogen) atoms. The van der Waals surface area contributed by atoms with Crippen LogP contribution in [0.15, 0.2) is 23.1 Å². The van der Waals surface area contributed by atoms with Crippen molar-refractivity contribution in [2.45, 2.75) is 37.5 Å². The highest BCUT2D eigenvalue weighted by molar-refractivity contribution is 7.89. The van der Waals surface area contributed by atoms with Gasteiger partial charge < -0.3 is 4.90 Å². The topological polar surface area (TPSA) is 57.7 Å². The highest BCUT2D eigenvalue weighted by atomic mass is 35.5. The van der Waals surface area contributed by atoms with Gasteiger partial charge in [0.15, 0.2) is 0 Å². The van der Waals surface area contributed by atoms with Crippen LogP contribution in [0.3, 0.4) is 0 Å². The molecule has 0 aliphatic carbocycles. The predicted octanol–water partition coefficient (Wildman–Crippen LogP) is 3.65. The number of carbonyl (C=O) groups is 1. The summed E-state index contributed by atoms with van der Waals surface area (Å²) in [7, 11) is -3.77. The maximum absolute atomic E-state index is 13.0. The first-order chi connectivity index (χ1) is 12.3. The van der Waals surface area contributed by atoms with Crippen LogP contribution in [0.4, 0.5) is 0 Å². The van der Waals surface area contributed by atoms with Crippen molar-refractivity contribution >= 4 is 39.1 Å². The van der Waals surface area contributed by atoms with Crippen LogP contribution in [0.5, 0.6) is 0 Å². The maximum atomic E-state index is 13.0. The number of hydrogen-bond donors (Lipinski definition) is 0. The van der Waals surface area contributed by atoms with Gasteiger partial charge in [-0.1, -0.05) is 30.1 Å². The molecule has 1 aromatic carbocycles. The zero-order chi connectivity index (χ0) is 18.9. The van der Waals surface area contributed by atoms with Gasteiger partial charge in [0.05, 0.1) is 10.9 Å². The predicted molar refractivity (Wildman–Crippen MR) is 103 cm³/mol. The summed E-state index contributed by atoms with van der Waals surface area (Å²) in [6.45, 7) is 4.33. The summed E-state index contributed by atoms with van der Waals surface area (Å²) in [6.07, 6.45) is 3.41. The second-order valence-electron chi connectivity index (χ2n) is 7.28. The van der Waals surface area contributed by atoms with E-state index in [-0.39, 0.29) is 28.3 Å². The molecular weight excluding hydrogens is 395 g/mol. The third-order valence-corrected chi connectivity index (χ3v) is 7.92. The first-order valence-electron chi connectivity index (χ1n) is 9.03. The van der Waals surface area contributed by atoms with Crippen molar-refractivity contribution in [3.05, 3.63) is 28.2 Å². The SMILES string of the molecule is CC1CCN(C(=O)[C@H]2CCCN(S(=O)(=O)c3cc(Cl)ccc3Cl)C2)CC1. The standard InChI is InChI=1S/C18H24Cl2N2O3S/c1-13-6-9-21(10-7-13)18(23)14-3-2-8-22(12-14)26(24,25)17-11-15(19)4-5-16(17)20/h4-5,11,13-14H,2-3,6-10,12H2,1H3/t14-/m0/s1. The summed E-state index contributed by atoms with van der Waals surface area (Å²) >= 11 is 12.0. The normalized spacial score (nSPS) is 23.2.